The molecule has 0 aliphatic carbocycles. The van der Waals surface area contributed by atoms with Crippen molar-refractivity contribution in [2.24, 2.45) is 0 Å². The van der Waals surface area contributed by atoms with Crippen LogP contribution in [0.5, 0.6) is 0 Å². The van der Waals surface area contributed by atoms with Crippen LogP contribution in [0.3, 0.4) is 0 Å². The van der Waals surface area contributed by atoms with Crippen molar-refractivity contribution in [2.75, 3.05) is 18.8 Å². The van der Waals surface area contributed by atoms with Gasteiger partial charge in [-0.25, -0.2) is 13.1 Å². The van der Waals surface area contributed by atoms with Gasteiger partial charge < -0.3 is 4.90 Å². The molecule has 7 nitrogen and oxygen atoms in total. The van der Waals surface area contributed by atoms with E-state index in [4.69, 9.17) is 0 Å². The molecule has 112 valence electrons. The molecule has 1 aliphatic rings. The molecule has 1 fully saturated rings. The van der Waals surface area contributed by atoms with Crippen molar-refractivity contribution in [1.82, 2.24) is 19.8 Å². The molecule has 2 heterocycles. The van der Waals surface area contributed by atoms with E-state index in [1.165, 1.54) is 6.20 Å². The molecule has 1 saturated heterocycles. The van der Waals surface area contributed by atoms with Crippen molar-refractivity contribution < 1.29 is 13.2 Å². The zero-order valence-corrected chi connectivity index (χ0v) is 12.5. The number of sulfonamides is 1. The Morgan fingerprint density at radius 2 is 2.15 bits per heavy atom. The highest BCUT2D eigenvalue weighted by Gasteiger charge is 2.26. The number of aromatic nitrogens is 2. The first kappa shape index (κ1) is 15.0. The lowest BCUT2D eigenvalue weighted by atomic mass is 10.1. The van der Waals surface area contributed by atoms with Crippen LogP contribution in [0, 0.1) is 6.92 Å². The Morgan fingerprint density at radius 1 is 1.50 bits per heavy atom. The van der Waals surface area contributed by atoms with Crippen LogP contribution in [0.2, 0.25) is 0 Å². The van der Waals surface area contributed by atoms with Gasteiger partial charge in [0, 0.05) is 24.8 Å². The summed E-state index contributed by atoms with van der Waals surface area (Å²) in [7, 11) is -3.18. The fourth-order valence-electron chi connectivity index (χ4n) is 2.27. The van der Waals surface area contributed by atoms with Gasteiger partial charge in [0.2, 0.25) is 10.0 Å². The van der Waals surface area contributed by atoms with Crippen molar-refractivity contribution in [2.45, 2.75) is 32.7 Å². The molecule has 2 N–H and O–H groups in total. The summed E-state index contributed by atoms with van der Waals surface area (Å²) in [5, 5.41) is 6.59. The standard InChI is InChI=1S/C12H20N4O3S/c1-3-20(18,19)15-10-4-6-16(7-5-10)12(17)11-8-13-14-9(11)2/h8,10,15H,3-7H2,1-2H3,(H,13,14). The molecule has 1 aliphatic heterocycles. The third-order valence-corrected chi connectivity index (χ3v) is 5.02. The van der Waals surface area contributed by atoms with Crippen LogP contribution >= 0.6 is 0 Å². The molecule has 0 spiro atoms. The van der Waals surface area contributed by atoms with Gasteiger partial charge in [-0.2, -0.15) is 5.10 Å². The summed E-state index contributed by atoms with van der Waals surface area (Å²) in [6.45, 7) is 4.53. The van der Waals surface area contributed by atoms with E-state index < -0.39 is 10.0 Å². The normalized spacial score (nSPS) is 17.4. The third kappa shape index (κ3) is 3.37. The monoisotopic (exact) mass is 300 g/mol. The second-order valence-corrected chi connectivity index (χ2v) is 7.04. The molecular formula is C12H20N4O3S. The molecule has 20 heavy (non-hydrogen) atoms. The summed E-state index contributed by atoms with van der Waals surface area (Å²) in [6, 6.07) is -0.0746. The van der Waals surface area contributed by atoms with Gasteiger partial charge in [0.1, 0.15) is 0 Å². The number of aryl methyl sites for hydroxylation is 1. The molecule has 1 aromatic heterocycles. The van der Waals surface area contributed by atoms with Gasteiger partial charge in [0.15, 0.2) is 0 Å². The topological polar surface area (TPSA) is 95.2 Å². The largest absolute Gasteiger partial charge is 0.338 e. The number of H-pyrrole nitrogens is 1. The second-order valence-electron chi connectivity index (χ2n) is 5.00. The number of hydrogen-bond acceptors (Lipinski definition) is 4. The summed E-state index contributed by atoms with van der Waals surface area (Å²) in [6.07, 6.45) is 2.81. The summed E-state index contributed by atoms with van der Waals surface area (Å²) in [5.74, 6) is 0.0356. The van der Waals surface area contributed by atoms with E-state index >= 15 is 0 Å². The van der Waals surface area contributed by atoms with Gasteiger partial charge in [0.25, 0.3) is 5.91 Å². The van der Waals surface area contributed by atoms with Gasteiger partial charge in [-0.15, -0.1) is 0 Å². The Balaban J connectivity index is 1.92. The maximum absolute atomic E-state index is 12.3. The fraction of sp³-hybridized carbons (Fsp3) is 0.667. The first-order chi connectivity index (χ1) is 9.43. The number of amides is 1. The minimum atomic E-state index is -3.18. The zero-order chi connectivity index (χ0) is 14.8. The van der Waals surface area contributed by atoms with Crippen LogP contribution in [0.1, 0.15) is 35.8 Å². The van der Waals surface area contributed by atoms with Crippen LogP contribution in [0.15, 0.2) is 6.20 Å². The second kappa shape index (κ2) is 5.92. The maximum atomic E-state index is 12.3. The number of carbonyl (C=O) groups is 1. The molecular weight excluding hydrogens is 280 g/mol. The Kier molecular flexibility index (Phi) is 4.44. The van der Waals surface area contributed by atoms with E-state index in [-0.39, 0.29) is 17.7 Å². The summed E-state index contributed by atoms with van der Waals surface area (Å²) >= 11 is 0. The van der Waals surface area contributed by atoms with E-state index in [2.05, 4.69) is 14.9 Å². The zero-order valence-electron chi connectivity index (χ0n) is 11.7. The van der Waals surface area contributed by atoms with Gasteiger partial charge in [-0.1, -0.05) is 0 Å². The highest BCUT2D eigenvalue weighted by molar-refractivity contribution is 7.89. The van der Waals surface area contributed by atoms with Gasteiger partial charge in [-0.05, 0) is 26.7 Å². The van der Waals surface area contributed by atoms with Gasteiger partial charge in [0.05, 0.1) is 17.5 Å². The molecule has 0 atom stereocenters. The number of nitrogens with one attached hydrogen (secondary N) is 2. The lowest BCUT2D eigenvalue weighted by Crippen LogP contribution is -2.46. The molecule has 1 amide bonds. The Labute approximate surface area is 118 Å². The number of aromatic amines is 1. The molecule has 0 aromatic carbocycles. The lowest BCUT2D eigenvalue weighted by Gasteiger charge is -2.32. The molecule has 2 rings (SSSR count). The number of carbonyl (C=O) groups excluding carboxylic acids is 1. The Morgan fingerprint density at radius 3 is 2.65 bits per heavy atom. The quantitative estimate of drug-likeness (QED) is 0.834. The molecule has 0 radical (unpaired) electrons. The average Bonchev–Trinajstić information content (AvgIpc) is 2.85. The van der Waals surface area contributed by atoms with E-state index in [9.17, 15) is 13.2 Å². The first-order valence-corrected chi connectivity index (χ1v) is 8.37. The van der Waals surface area contributed by atoms with Crippen molar-refractivity contribution in [3.05, 3.63) is 17.5 Å². The van der Waals surface area contributed by atoms with Crippen molar-refractivity contribution in [3.63, 3.8) is 0 Å². The van der Waals surface area contributed by atoms with Crippen molar-refractivity contribution in [3.8, 4) is 0 Å². The highest BCUT2D eigenvalue weighted by atomic mass is 32.2. The van der Waals surface area contributed by atoms with E-state index in [0.29, 0.717) is 31.5 Å². The van der Waals surface area contributed by atoms with Crippen LogP contribution in [-0.2, 0) is 10.0 Å². The van der Waals surface area contributed by atoms with Crippen molar-refractivity contribution >= 4 is 15.9 Å². The molecule has 0 saturated carbocycles. The van der Waals surface area contributed by atoms with Crippen LogP contribution in [0.25, 0.3) is 0 Å². The van der Waals surface area contributed by atoms with E-state index in [0.717, 1.165) is 5.69 Å². The number of piperidine rings is 1. The highest BCUT2D eigenvalue weighted by Crippen LogP contribution is 2.15. The smallest absolute Gasteiger partial charge is 0.257 e. The van der Waals surface area contributed by atoms with Crippen LogP contribution in [-0.4, -0.2) is 54.3 Å². The summed E-state index contributed by atoms with van der Waals surface area (Å²) < 4.78 is 25.7. The number of rotatable bonds is 4. The molecule has 8 heteroatoms. The van der Waals surface area contributed by atoms with Gasteiger partial charge >= 0.3 is 0 Å². The Bertz CT molecular complexity index is 573. The molecule has 1 aromatic rings. The maximum Gasteiger partial charge on any atom is 0.257 e. The predicted octanol–water partition coefficient (Wildman–Crippen LogP) is 0.262. The van der Waals surface area contributed by atoms with Crippen molar-refractivity contribution in [1.29, 1.82) is 0 Å². The predicted molar refractivity (Wildman–Crippen MR) is 74.8 cm³/mol. The molecule has 0 unspecified atom stereocenters. The van der Waals surface area contributed by atoms with Crippen LogP contribution < -0.4 is 4.72 Å². The van der Waals surface area contributed by atoms with E-state index in [1.807, 2.05) is 6.92 Å². The SMILES string of the molecule is CCS(=O)(=O)NC1CCN(C(=O)c2cn[nH]c2C)CC1. The van der Waals surface area contributed by atoms with E-state index in [1.54, 1.807) is 11.8 Å². The Hall–Kier alpha value is -1.41. The summed E-state index contributed by atoms with van der Waals surface area (Å²) in [4.78, 5) is 14.0. The lowest BCUT2D eigenvalue weighted by molar-refractivity contribution is 0.0710. The number of hydrogen-bond donors (Lipinski definition) is 2. The number of nitrogens with zero attached hydrogens (tertiary/aromatic N) is 2. The first-order valence-electron chi connectivity index (χ1n) is 6.72. The van der Waals surface area contributed by atoms with Crippen LogP contribution in [0.4, 0.5) is 0 Å². The molecule has 0 bridgehead atoms. The summed E-state index contributed by atoms with van der Waals surface area (Å²) in [5.41, 5.74) is 1.33. The number of likely N-dealkylation sites (tertiary alicyclic amines) is 1. The fourth-order valence-corrected chi connectivity index (χ4v) is 3.18. The minimum Gasteiger partial charge on any atom is -0.338 e. The average molecular weight is 300 g/mol. The minimum absolute atomic E-state index is 0.0481. The van der Waals surface area contributed by atoms with Gasteiger partial charge in [-0.3, -0.25) is 9.89 Å². The third-order valence-electron chi connectivity index (χ3n) is 3.57.